The Kier molecular flexibility index (Phi) is 6.31. The van der Waals surface area contributed by atoms with Gasteiger partial charge in [-0.3, -0.25) is 0 Å². The fourth-order valence-electron chi connectivity index (χ4n) is 4.80. The first-order chi connectivity index (χ1) is 18.8. The molecule has 1 aliphatic heterocycles. The average Bonchev–Trinajstić information content (AvgIpc) is 3.42. The van der Waals surface area contributed by atoms with E-state index in [1.54, 1.807) is 48.5 Å². The third-order valence-corrected chi connectivity index (χ3v) is 8.78. The maximum absolute atomic E-state index is 14.2. The van der Waals surface area contributed by atoms with E-state index in [0.29, 0.717) is 29.4 Å². The van der Waals surface area contributed by atoms with Gasteiger partial charge < -0.3 is 15.0 Å². The van der Waals surface area contributed by atoms with E-state index in [9.17, 15) is 13.5 Å². The minimum absolute atomic E-state index is 0.134. The number of benzene rings is 3. The highest BCUT2D eigenvalue weighted by Gasteiger charge is 2.31. The van der Waals surface area contributed by atoms with Crippen molar-refractivity contribution >= 4 is 43.3 Å². The first-order valence-corrected chi connectivity index (χ1v) is 14.1. The molecule has 0 spiro atoms. The Labute approximate surface area is 227 Å². The van der Waals surface area contributed by atoms with E-state index in [1.807, 2.05) is 43.6 Å². The normalized spacial score (nSPS) is 15.6. The Morgan fingerprint density at radius 2 is 1.72 bits per heavy atom. The number of nitrogens with one attached hydrogen (secondary N) is 1. The van der Waals surface area contributed by atoms with Crippen molar-refractivity contribution in [1.82, 2.24) is 19.9 Å². The number of hydrogen-bond donors (Lipinski definition) is 2. The number of anilines is 2. The molecule has 0 unspecified atom stereocenters. The Morgan fingerprint density at radius 1 is 0.974 bits per heavy atom. The molecule has 0 amide bonds. The fourth-order valence-corrected chi connectivity index (χ4v) is 6.27. The largest absolute Gasteiger partial charge is 0.377 e. The minimum atomic E-state index is -4.09. The number of H-pyrrole nitrogens is 1. The van der Waals surface area contributed by atoms with E-state index in [1.165, 1.54) is 4.31 Å². The van der Waals surface area contributed by atoms with Crippen LogP contribution in [0, 0.1) is 11.8 Å². The van der Waals surface area contributed by atoms with Crippen LogP contribution in [0.5, 0.6) is 0 Å². The predicted octanol–water partition coefficient (Wildman–Crippen LogP) is 4.45. The number of aliphatic hydroxyl groups is 1. The summed E-state index contributed by atoms with van der Waals surface area (Å²) in [6.07, 6.45) is 2.84. The zero-order valence-corrected chi connectivity index (χ0v) is 22.2. The summed E-state index contributed by atoms with van der Waals surface area (Å²) in [5.41, 5.74) is 0.735. The number of fused-ring (bicyclic) bond motifs is 2. The van der Waals surface area contributed by atoms with E-state index >= 15 is 0 Å². The molecule has 0 atom stereocenters. The third-order valence-electron chi connectivity index (χ3n) is 7.05. The smallest absolute Gasteiger partial charge is 0.269 e. The summed E-state index contributed by atoms with van der Waals surface area (Å²) in [7, 11) is -2.08. The van der Waals surface area contributed by atoms with Crippen molar-refractivity contribution in [3.05, 3.63) is 90.9 Å². The Morgan fingerprint density at radius 3 is 2.51 bits per heavy atom. The molecule has 39 heavy (non-hydrogen) atoms. The van der Waals surface area contributed by atoms with Crippen LogP contribution in [-0.4, -0.2) is 59.1 Å². The van der Waals surface area contributed by atoms with Crippen LogP contribution in [0.2, 0.25) is 0 Å². The van der Waals surface area contributed by atoms with Crippen molar-refractivity contribution in [2.75, 3.05) is 24.4 Å². The van der Waals surface area contributed by atoms with Crippen LogP contribution in [0.1, 0.15) is 18.7 Å². The van der Waals surface area contributed by atoms with Gasteiger partial charge in [0.15, 0.2) is 5.82 Å². The summed E-state index contributed by atoms with van der Waals surface area (Å²) in [6.45, 7) is 1.47. The minimum Gasteiger partial charge on any atom is -0.377 e. The average molecular weight is 538 g/mol. The summed E-state index contributed by atoms with van der Waals surface area (Å²) in [5.74, 6) is 6.28. The van der Waals surface area contributed by atoms with Crippen molar-refractivity contribution in [2.24, 2.45) is 0 Å². The van der Waals surface area contributed by atoms with Gasteiger partial charge in [0.1, 0.15) is 5.60 Å². The first-order valence-electron chi connectivity index (χ1n) is 12.7. The Bertz CT molecular complexity index is 1830. The SMILES string of the molecule is CN1CCC(O)(C#Cc2nc(N(c3ccc4[nH]ccc4c3)S(=O)(=O)c3ccccc3)c3ccccc3n2)CC1. The molecule has 0 aliphatic carbocycles. The van der Waals surface area contributed by atoms with E-state index in [-0.39, 0.29) is 16.5 Å². The van der Waals surface area contributed by atoms with Gasteiger partial charge >= 0.3 is 0 Å². The van der Waals surface area contributed by atoms with Crippen molar-refractivity contribution < 1.29 is 13.5 Å². The quantitative estimate of drug-likeness (QED) is 0.329. The second-order valence-corrected chi connectivity index (χ2v) is 11.6. The van der Waals surface area contributed by atoms with Crippen LogP contribution in [0.4, 0.5) is 11.5 Å². The van der Waals surface area contributed by atoms with Crippen LogP contribution in [0.3, 0.4) is 0 Å². The van der Waals surface area contributed by atoms with E-state index in [4.69, 9.17) is 4.98 Å². The lowest BCUT2D eigenvalue weighted by atomic mass is 9.92. The summed E-state index contributed by atoms with van der Waals surface area (Å²) in [5, 5.41) is 12.4. The number of sulfonamides is 1. The standard InChI is InChI=1S/C30H27N5O3S/c1-34-19-16-30(36,17-20-34)15-13-28-32-27-10-6-5-9-25(27)29(33-28)35(39(37,38)24-7-3-2-4-8-24)23-11-12-26-22(21-23)14-18-31-26/h2-12,14,18,21,31,36H,16-17,19-20H2,1H3. The van der Waals surface area contributed by atoms with Crippen molar-refractivity contribution in [3.63, 3.8) is 0 Å². The van der Waals surface area contributed by atoms with Crippen LogP contribution >= 0.6 is 0 Å². The molecule has 6 rings (SSSR count). The Balaban J connectivity index is 1.56. The van der Waals surface area contributed by atoms with E-state index < -0.39 is 15.6 Å². The maximum atomic E-state index is 14.2. The van der Waals surface area contributed by atoms with Gasteiger partial charge in [-0.1, -0.05) is 36.3 Å². The van der Waals surface area contributed by atoms with Gasteiger partial charge in [0, 0.05) is 48.4 Å². The van der Waals surface area contributed by atoms with E-state index in [2.05, 4.69) is 26.7 Å². The predicted molar refractivity (Wildman–Crippen MR) is 152 cm³/mol. The van der Waals surface area contributed by atoms with Crippen LogP contribution in [0.25, 0.3) is 21.8 Å². The number of hydrogen-bond acceptors (Lipinski definition) is 6. The molecular formula is C30H27N5O3S. The molecule has 9 heteroatoms. The van der Waals surface area contributed by atoms with Crippen molar-refractivity contribution in [3.8, 4) is 11.8 Å². The second-order valence-electron chi connectivity index (χ2n) is 9.80. The molecule has 0 bridgehead atoms. The summed E-state index contributed by atoms with van der Waals surface area (Å²) < 4.78 is 29.7. The summed E-state index contributed by atoms with van der Waals surface area (Å²) in [6, 6.07) is 22.9. The Hall–Kier alpha value is -4.23. The number of aromatic nitrogens is 3. The highest BCUT2D eigenvalue weighted by molar-refractivity contribution is 7.93. The van der Waals surface area contributed by atoms with Gasteiger partial charge in [0.2, 0.25) is 5.82 Å². The molecule has 3 heterocycles. The number of rotatable bonds is 4. The lowest BCUT2D eigenvalue weighted by molar-refractivity contribution is 0.0350. The van der Waals surface area contributed by atoms with Crippen LogP contribution in [0.15, 0.2) is 90.0 Å². The zero-order valence-electron chi connectivity index (χ0n) is 21.4. The molecule has 8 nitrogen and oxygen atoms in total. The number of likely N-dealkylation sites (tertiary alicyclic amines) is 1. The molecule has 3 aromatic carbocycles. The second kappa shape index (κ2) is 9.82. The molecule has 1 aliphatic rings. The molecule has 0 saturated carbocycles. The zero-order chi connectivity index (χ0) is 27.0. The van der Waals surface area contributed by atoms with Gasteiger partial charge in [0.05, 0.1) is 16.1 Å². The number of aromatic amines is 1. The molecular weight excluding hydrogens is 510 g/mol. The van der Waals surface area contributed by atoms with Gasteiger partial charge in [0.25, 0.3) is 10.0 Å². The van der Waals surface area contributed by atoms with Gasteiger partial charge in [-0.2, -0.15) is 0 Å². The van der Waals surface area contributed by atoms with Crippen LogP contribution in [-0.2, 0) is 10.0 Å². The maximum Gasteiger partial charge on any atom is 0.269 e. The summed E-state index contributed by atoms with van der Waals surface area (Å²) in [4.78, 5) is 14.7. The molecule has 2 N–H and O–H groups in total. The number of nitrogens with zero attached hydrogens (tertiary/aromatic N) is 4. The molecule has 2 aromatic heterocycles. The molecule has 0 radical (unpaired) electrons. The van der Waals surface area contributed by atoms with Crippen molar-refractivity contribution in [1.29, 1.82) is 0 Å². The lowest BCUT2D eigenvalue weighted by Gasteiger charge is -2.32. The van der Waals surface area contributed by atoms with Gasteiger partial charge in [-0.15, -0.1) is 0 Å². The molecule has 1 fully saturated rings. The fraction of sp³-hybridized carbons (Fsp3) is 0.200. The van der Waals surface area contributed by atoms with Gasteiger partial charge in [-0.25, -0.2) is 22.7 Å². The molecule has 196 valence electrons. The third kappa shape index (κ3) is 4.86. The number of piperidine rings is 1. The first kappa shape index (κ1) is 25.1. The highest BCUT2D eigenvalue weighted by Crippen LogP contribution is 2.36. The van der Waals surface area contributed by atoms with E-state index in [0.717, 1.165) is 24.0 Å². The highest BCUT2D eigenvalue weighted by atomic mass is 32.2. The van der Waals surface area contributed by atoms with Crippen molar-refractivity contribution in [2.45, 2.75) is 23.3 Å². The van der Waals surface area contributed by atoms with Gasteiger partial charge in [-0.05, 0) is 61.5 Å². The molecule has 1 saturated heterocycles. The lowest BCUT2D eigenvalue weighted by Crippen LogP contribution is -2.41. The monoisotopic (exact) mass is 537 g/mol. The molecule has 5 aromatic rings. The number of para-hydroxylation sites is 1. The van der Waals surface area contributed by atoms with Crippen LogP contribution < -0.4 is 4.31 Å². The topological polar surface area (TPSA) is 102 Å². The summed E-state index contributed by atoms with van der Waals surface area (Å²) >= 11 is 0.